The third-order valence-electron chi connectivity index (χ3n) is 4.72. The first-order valence-corrected chi connectivity index (χ1v) is 9.81. The zero-order valence-corrected chi connectivity index (χ0v) is 16.7. The van der Waals surface area contributed by atoms with Crippen molar-refractivity contribution in [3.05, 3.63) is 30.0 Å². The van der Waals surface area contributed by atoms with Crippen molar-refractivity contribution in [2.24, 2.45) is 0 Å². The van der Waals surface area contributed by atoms with Crippen LogP contribution in [0.2, 0.25) is 0 Å². The van der Waals surface area contributed by atoms with Crippen molar-refractivity contribution in [3.63, 3.8) is 0 Å². The van der Waals surface area contributed by atoms with E-state index in [-0.39, 0.29) is 29.7 Å². The number of nitrogens with zero attached hydrogens (tertiary/aromatic N) is 2. The molecular weight excluding hydrogens is 425 g/mol. The molecule has 0 spiro atoms. The number of ether oxygens (including phenoxy) is 4. The summed E-state index contributed by atoms with van der Waals surface area (Å²) in [4.78, 5) is 20.0. The second-order valence-corrected chi connectivity index (χ2v) is 7.86. The lowest BCUT2D eigenvalue weighted by molar-refractivity contribution is -0.151. The minimum absolute atomic E-state index is 0.0735. The molecule has 1 aromatic heterocycles. The molecule has 7 nitrogen and oxygen atoms in total. The maximum atomic E-state index is 13.5. The average molecular weight is 442 g/mol. The molecule has 2 bridgehead atoms. The maximum Gasteiger partial charge on any atom is 0.433 e. The van der Waals surface area contributed by atoms with Gasteiger partial charge in [0.1, 0.15) is 5.69 Å². The van der Waals surface area contributed by atoms with Gasteiger partial charge in [0, 0.05) is 17.2 Å². The van der Waals surface area contributed by atoms with Crippen LogP contribution >= 0.6 is 11.8 Å². The first-order chi connectivity index (χ1) is 14.3. The van der Waals surface area contributed by atoms with Crippen molar-refractivity contribution >= 4 is 17.5 Å². The van der Waals surface area contributed by atoms with Gasteiger partial charge in [0.05, 0.1) is 32.6 Å². The molecule has 1 aromatic carbocycles. The van der Waals surface area contributed by atoms with Gasteiger partial charge in [0.25, 0.3) is 0 Å². The van der Waals surface area contributed by atoms with Crippen molar-refractivity contribution in [2.45, 2.75) is 35.4 Å². The Bertz CT molecular complexity index is 972. The normalized spacial score (nSPS) is 23.5. The van der Waals surface area contributed by atoms with Crippen molar-refractivity contribution < 1.29 is 36.9 Å². The summed E-state index contributed by atoms with van der Waals surface area (Å²) in [5.41, 5.74) is -0.597. The van der Waals surface area contributed by atoms with Gasteiger partial charge < -0.3 is 18.9 Å². The summed E-state index contributed by atoms with van der Waals surface area (Å²) in [5, 5.41) is -0.528. The van der Waals surface area contributed by atoms with Crippen molar-refractivity contribution in [1.29, 1.82) is 0 Å². The van der Waals surface area contributed by atoms with Crippen LogP contribution in [-0.4, -0.2) is 54.2 Å². The minimum Gasteiger partial charge on any atom is -0.493 e. The number of halogens is 3. The Labute approximate surface area is 173 Å². The van der Waals surface area contributed by atoms with Crippen LogP contribution in [0.25, 0.3) is 11.3 Å². The van der Waals surface area contributed by atoms with Gasteiger partial charge in [-0.25, -0.2) is 9.97 Å². The van der Waals surface area contributed by atoms with Crippen molar-refractivity contribution in [3.8, 4) is 22.8 Å². The van der Waals surface area contributed by atoms with Gasteiger partial charge in [-0.2, -0.15) is 13.2 Å². The van der Waals surface area contributed by atoms with Crippen LogP contribution in [0.5, 0.6) is 11.5 Å². The Kier molecular flexibility index (Phi) is 5.60. The van der Waals surface area contributed by atoms with E-state index in [9.17, 15) is 18.0 Å². The summed E-state index contributed by atoms with van der Waals surface area (Å²) in [5.74, 6) is 0.555. The zero-order chi connectivity index (χ0) is 21.5. The predicted octanol–water partition coefficient (Wildman–Crippen LogP) is 3.35. The van der Waals surface area contributed by atoms with Crippen LogP contribution in [0, 0.1) is 0 Å². The number of alkyl halides is 3. The molecule has 4 rings (SSSR count). The van der Waals surface area contributed by atoms with E-state index in [0.717, 1.165) is 17.8 Å². The fourth-order valence-corrected chi connectivity index (χ4v) is 4.34. The molecule has 0 aliphatic carbocycles. The van der Waals surface area contributed by atoms with Gasteiger partial charge in [-0.15, -0.1) is 0 Å². The van der Waals surface area contributed by atoms with E-state index in [1.165, 1.54) is 14.2 Å². The molecule has 0 saturated carbocycles. The molecule has 11 heteroatoms. The number of ketones is 1. The number of benzene rings is 1. The molecule has 0 unspecified atom stereocenters. The Balaban J connectivity index is 1.70. The van der Waals surface area contributed by atoms with Gasteiger partial charge in [0.2, 0.25) is 6.29 Å². The Morgan fingerprint density at radius 1 is 1.13 bits per heavy atom. The minimum atomic E-state index is -4.66. The smallest absolute Gasteiger partial charge is 0.433 e. The molecule has 0 amide bonds. The number of methoxy groups -OCH3 is 2. The summed E-state index contributed by atoms with van der Waals surface area (Å²) in [6, 6.07) is 5.59. The van der Waals surface area contributed by atoms with Crippen LogP contribution in [0.15, 0.2) is 29.4 Å². The number of thioether (sulfide) groups is 1. The number of aromatic nitrogens is 2. The van der Waals surface area contributed by atoms with Crippen molar-refractivity contribution in [1.82, 2.24) is 9.97 Å². The lowest BCUT2D eigenvalue weighted by atomic mass is 10.1. The molecule has 30 heavy (non-hydrogen) atoms. The third kappa shape index (κ3) is 4.09. The van der Waals surface area contributed by atoms with Crippen LogP contribution in [0.4, 0.5) is 13.2 Å². The number of carbonyl (C=O) groups is 1. The second-order valence-electron chi connectivity index (χ2n) is 6.66. The SMILES string of the molecule is COc1ccc(-c2cc(C(F)(F)F)nc(S[C@H]3CC(=O)[C@H]4OC[C@H]3O4)n2)cc1OC. The number of hydrogen-bond donors (Lipinski definition) is 0. The summed E-state index contributed by atoms with van der Waals surface area (Å²) in [6.45, 7) is 0.204. The summed E-state index contributed by atoms with van der Waals surface area (Å²) in [6.07, 6.45) is -5.83. The van der Waals surface area contributed by atoms with Crippen molar-refractivity contribution in [2.75, 3.05) is 20.8 Å². The number of Topliss-reactive ketones (excluding diaryl/α,β-unsaturated/α-hetero) is 1. The maximum absolute atomic E-state index is 13.5. The van der Waals surface area contributed by atoms with E-state index in [1.807, 2.05) is 0 Å². The number of hydrogen-bond acceptors (Lipinski definition) is 8. The van der Waals surface area contributed by atoms with E-state index < -0.39 is 29.5 Å². The van der Waals surface area contributed by atoms with E-state index in [2.05, 4.69) is 9.97 Å². The van der Waals surface area contributed by atoms with Gasteiger partial charge >= 0.3 is 6.18 Å². The third-order valence-corrected chi connectivity index (χ3v) is 5.89. The fraction of sp³-hybridized carbons (Fsp3) is 0.421. The standard InChI is InChI=1S/C19H17F3N2O5S/c1-26-12-4-3-9(5-13(12)27-2)10-6-16(19(20,21)22)24-18(23-10)30-15-7-11(25)17-28-8-14(15)29-17/h3-6,14-15,17H,7-8H2,1-2H3/t14-,15+,17+/m1/s1. The van der Waals surface area contributed by atoms with Crippen LogP contribution in [-0.2, 0) is 20.4 Å². The summed E-state index contributed by atoms with van der Waals surface area (Å²) in [7, 11) is 2.89. The second kappa shape index (κ2) is 8.05. The quantitative estimate of drug-likeness (QED) is 0.653. The molecule has 0 radical (unpaired) electrons. The highest BCUT2D eigenvalue weighted by atomic mass is 32.2. The predicted molar refractivity (Wildman–Crippen MR) is 99.5 cm³/mol. The van der Waals surface area contributed by atoms with E-state index in [4.69, 9.17) is 18.9 Å². The molecule has 3 atom stereocenters. The van der Waals surface area contributed by atoms with Gasteiger partial charge in [0.15, 0.2) is 22.4 Å². The molecule has 2 saturated heterocycles. The monoisotopic (exact) mass is 442 g/mol. The van der Waals surface area contributed by atoms with E-state index in [0.29, 0.717) is 17.1 Å². The Morgan fingerprint density at radius 3 is 2.60 bits per heavy atom. The highest BCUT2D eigenvalue weighted by Crippen LogP contribution is 2.39. The highest BCUT2D eigenvalue weighted by Gasteiger charge is 2.44. The lowest BCUT2D eigenvalue weighted by Gasteiger charge is -2.25. The average Bonchev–Trinajstić information content (AvgIpc) is 3.17. The van der Waals surface area contributed by atoms with Gasteiger partial charge in [-0.1, -0.05) is 11.8 Å². The van der Waals surface area contributed by atoms with Gasteiger partial charge in [-0.3, -0.25) is 4.79 Å². The number of rotatable bonds is 5. The van der Waals surface area contributed by atoms with Crippen LogP contribution < -0.4 is 9.47 Å². The topological polar surface area (TPSA) is 79.8 Å². The number of fused-ring (bicyclic) bond motifs is 2. The van der Waals surface area contributed by atoms with Crippen LogP contribution in [0.3, 0.4) is 0 Å². The highest BCUT2D eigenvalue weighted by molar-refractivity contribution is 7.99. The summed E-state index contributed by atoms with van der Waals surface area (Å²) >= 11 is 0.980. The fourth-order valence-electron chi connectivity index (χ4n) is 3.23. The Hall–Kier alpha value is -2.37. The van der Waals surface area contributed by atoms with E-state index >= 15 is 0 Å². The molecule has 0 N–H and O–H groups in total. The largest absolute Gasteiger partial charge is 0.493 e. The first kappa shape index (κ1) is 20.9. The Morgan fingerprint density at radius 2 is 1.90 bits per heavy atom. The van der Waals surface area contributed by atoms with Gasteiger partial charge in [-0.05, 0) is 24.3 Å². The molecule has 2 aliphatic rings. The van der Waals surface area contributed by atoms with Crippen LogP contribution in [0.1, 0.15) is 12.1 Å². The number of carbonyl (C=O) groups excluding carboxylic acids is 1. The molecule has 2 aliphatic heterocycles. The molecule has 2 fully saturated rings. The molecule has 3 heterocycles. The zero-order valence-electron chi connectivity index (χ0n) is 15.9. The molecule has 2 aromatic rings. The molecule has 160 valence electrons. The van der Waals surface area contributed by atoms with E-state index in [1.54, 1.807) is 18.2 Å². The molecular formula is C19H17F3N2O5S. The first-order valence-electron chi connectivity index (χ1n) is 8.93. The lowest BCUT2D eigenvalue weighted by Crippen LogP contribution is -2.37. The summed E-state index contributed by atoms with van der Waals surface area (Å²) < 4.78 is 61.5.